The Morgan fingerprint density at radius 1 is 1.41 bits per heavy atom. The van der Waals surface area contributed by atoms with E-state index in [0.717, 1.165) is 32.1 Å². The van der Waals surface area contributed by atoms with Crippen LogP contribution in [0.1, 0.15) is 45.4 Å². The third-order valence-electron chi connectivity index (χ3n) is 4.02. The molecule has 17 heavy (non-hydrogen) atoms. The quantitative estimate of drug-likeness (QED) is 0.781. The first kappa shape index (κ1) is 12.8. The monoisotopic (exact) mass is 241 g/mol. The molecule has 2 aliphatic rings. The standard InChI is InChI=1S/C13H23NO3/c1-10-5-8-17-11(10)12(15)14-9-13(16)6-3-2-4-7-13/h10-11,16H,2-9H2,1H3,(H,14,15). The van der Waals surface area contributed by atoms with Crippen LogP contribution in [0.5, 0.6) is 0 Å². The summed E-state index contributed by atoms with van der Waals surface area (Å²) >= 11 is 0. The molecule has 2 rings (SSSR count). The van der Waals surface area contributed by atoms with E-state index in [-0.39, 0.29) is 17.9 Å². The van der Waals surface area contributed by atoms with Gasteiger partial charge in [0.25, 0.3) is 0 Å². The maximum atomic E-state index is 11.9. The third kappa shape index (κ3) is 3.19. The van der Waals surface area contributed by atoms with Crippen LogP contribution in [0.25, 0.3) is 0 Å². The van der Waals surface area contributed by atoms with E-state index >= 15 is 0 Å². The molecule has 0 bridgehead atoms. The number of nitrogens with one attached hydrogen (secondary N) is 1. The van der Waals surface area contributed by atoms with E-state index < -0.39 is 5.60 Å². The minimum Gasteiger partial charge on any atom is -0.388 e. The molecule has 2 unspecified atom stereocenters. The van der Waals surface area contributed by atoms with Gasteiger partial charge in [-0.05, 0) is 25.2 Å². The number of rotatable bonds is 3. The van der Waals surface area contributed by atoms with Gasteiger partial charge < -0.3 is 15.2 Å². The Labute approximate surface area is 103 Å². The van der Waals surface area contributed by atoms with Crippen LogP contribution in [0.4, 0.5) is 0 Å². The fourth-order valence-electron chi connectivity index (χ4n) is 2.77. The van der Waals surface area contributed by atoms with E-state index in [0.29, 0.717) is 13.2 Å². The summed E-state index contributed by atoms with van der Waals surface area (Å²) < 4.78 is 5.41. The van der Waals surface area contributed by atoms with Crippen molar-refractivity contribution in [1.82, 2.24) is 5.32 Å². The molecule has 2 atom stereocenters. The Kier molecular flexibility index (Phi) is 4.05. The van der Waals surface area contributed by atoms with E-state index in [2.05, 4.69) is 5.32 Å². The molecule has 2 fully saturated rings. The minimum atomic E-state index is -0.685. The van der Waals surface area contributed by atoms with Gasteiger partial charge in [0.05, 0.1) is 5.60 Å². The molecule has 1 aliphatic heterocycles. The van der Waals surface area contributed by atoms with Crippen LogP contribution in [-0.4, -0.2) is 35.9 Å². The smallest absolute Gasteiger partial charge is 0.249 e. The maximum Gasteiger partial charge on any atom is 0.249 e. The Morgan fingerprint density at radius 3 is 2.71 bits per heavy atom. The molecular formula is C13H23NO3. The lowest BCUT2D eigenvalue weighted by molar-refractivity contribution is -0.133. The molecule has 0 spiro atoms. The summed E-state index contributed by atoms with van der Waals surface area (Å²) in [4.78, 5) is 11.9. The Morgan fingerprint density at radius 2 is 2.12 bits per heavy atom. The summed E-state index contributed by atoms with van der Waals surface area (Å²) in [6, 6.07) is 0. The Balaban J connectivity index is 1.79. The summed E-state index contributed by atoms with van der Waals surface area (Å²) in [6.45, 7) is 3.08. The van der Waals surface area contributed by atoms with Crippen molar-refractivity contribution in [2.45, 2.75) is 57.2 Å². The van der Waals surface area contributed by atoms with E-state index in [1.807, 2.05) is 6.92 Å². The van der Waals surface area contributed by atoms with Crippen LogP contribution in [0.15, 0.2) is 0 Å². The van der Waals surface area contributed by atoms with Gasteiger partial charge in [-0.15, -0.1) is 0 Å². The highest BCUT2D eigenvalue weighted by atomic mass is 16.5. The van der Waals surface area contributed by atoms with Gasteiger partial charge in [-0.2, -0.15) is 0 Å². The molecule has 4 nitrogen and oxygen atoms in total. The highest BCUT2D eigenvalue weighted by Crippen LogP contribution is 2.27. The molecular weight excluding hydrogens is 218 g/mol. The lowest BCUT2D eigenvalue weighted by Gasteiger charge is -2.32. The highest BCUT2D eigenvalue weighted by molar-refractivity contribution is 5.81. The van der Waals surface area contributed by atoms with Crippen LogP contribution < -0.4 is 5.32 Å². The second kappa shape index (κ2) is 5.36. The molecule has 0 radical (unpaired) electrons. The molecule has 1 saturated heterocycles. The molecule has 1 saturated carbocycles. The molecule has 0 aromatic heterocycles. The van der Waals surface area contributed by atoms with Crippen molar-refractivity contribution >= 4 is 5.91 Å². The third-order valence-corrected chi connectivity index (χ3v) is 4.02. The van der Waals surface area contributed by atoms with Gasteiger partial charge in [0.2, 0.25) is 5.91 Å². The van der Waals surface area contributed by atoms with E-state index in [1.54, 1.807) is 0 Å². The van der Waals surface area contributed by atoms with Crippen molar-refractivity contribution in [2.75, 3.05) is 13.2 Å². The maximum absolute atomic E-state index is 11.9. The molecule has 4 heteroatoms. The first-order chi connectivity index (χ1) is 8.11. The molecule has 0 aromatic carbocycles. The zero-order valence-electron chi connectivity index (χ0n) is 10.6. The van der Waals surface area contributed by atoms with E-state index in [9.17, 15) is 9.90 Å². The van der Waals surface area contributed by atoms with Crippen LogP contribution in [0.2, 0.25) is 0 Å². The number of hydrogen-bond acceptors (Lipinski definition) is 3. The molecule has 1 heterocycles. The SMILES string of the molecule is CC1CCOC1C(=O)NCC1(O)CCCCC1. The average molecular weight is 241 g/mol. The van der Waals surface area contributed by atoms with Crippen molar-refractivity contribution in [1.29, 1.82) is 0 Å². The Hall–Kier alpha value is -0.610. The van der Waals surface area contributed by atoms with Crippen molar-refractivity contribution in [3.05, 3.63) is 0 Å². The fourth-order valence-corrected chi connectivity index (χ4v) is 2.77. The van der Waals surface area contributed by atoms with E-state index in [4.69, 9.17) is 4.74 Å². The van der Waals surface area contributed by atoms with Gasteiger partial charge in [-0.3, -0.25) is 4.79 Å². The second-order valence-electron chi connectivity index (χ2n) is 5.56. The number of hydrogen-bond donors (Lipinski definition) is 2. The van der Waals surface area contributed by atoms with Gasteiger partial charge in [0.15, 0.2) is 0 Å². The van der Waals surface area contributed by atoms with Gasteiger partial charge in [0.1, 0.15) is 6.10 Å². The van der Waals surface area contributed by atoms with Crippen molar-refractivity contribution in [3.63, 3.8) is 0 Å². The van der Waals surface area contributed by atoms with Crippen molar-refractivity contribution in [3.8, 4) is 0 Å². The summed E-state index contributed by atoms with van der Waals surface area (Å²) in [7, 11) is 0. The van der Waals surface area contributed by atoms with Gasteiger partial charge in [-0.25, -0.2) is 0 Å². The second-order valence-corrected chi connectivity index (χ2v) is 5.56. The van der Waals surface area contributed by atoms with Crippen LogP contribution >= 0.6 is 0 Å². The molecule has 1 amide bonds. The van der Waals surface area contributed by atoms with Crippen LogP contribution in [0, 0.1) is 5.92 Å². The molecule has 0 aromatic rings. The number of amides is 1. The predicted octanol–water partition coefficient (Wildman–Crippen LogP) is 1.22. The minimum absolute atomic E-state index is 0.0611. The summed E-state index contributed by atoms with van der Waals surface area (Å²) in [6.07, 6.45) is 5.54. The first-order valence-electron chi connectivity index (χ1n) is 6.72. The van der Waals surface area contributed by atoms with Gasteiger partial charge >= 0.3 is 0 Å². The lowest BCUT2D eigenvalue weighted by atomic mass is 9.85. The first-order valence-corrected chi connectivity index (χ1v) is 6.72. The summed E-state index contributed by atoms with van der Waals surface area (Å²) in [5.41, 5.74) is -0.685. The van der Waals surface area contributed by atoms with Crippen molar-refractivity contribution < 1.29 is 14.6 Å². The average Bonchev–Trinajstić information content (AvgIpc) is 2.74. The molecule has 98 valence electrons. The van der Waals surface area contributed by atoms with Gasteiger partial charge in [-0.1, -0.05) is 26.2 Å². The van der Waals surface area contributed by atoms with E-state index in [1.165, 1.54) is 6.42 Å². The van der Waals surface area contributed by atoms with Crippen molar-refractivity contribution in [2.24, 2.45) is 5.92 Å². The largest absolute Gasteiger partial charge is 0.388 e. The number of carbonyl (C=O) groups excluding carboxylic acids is 1. The highest BCUT2D eigenvalue weighted by Gasteiger charge is 2.34. The number of carbonyl (C=O) groups is 1. The zero-order valence-corrected chi connectivity index (χ0v) is 10.6. The molecule has 2 N–H and O–H groups in total. The summed E-state index contributed by atoms with van der Waals surface area (Å²) in [5, 5.41) is 13.1. The zero-order chi connectivity index (χ0) is 12.3. The Bertz CT molecular complexity index is 274. The molecule has 1 aliphatic carbocycles. The van der Waals surface area contributed by atoms with Gasteiger partial charge in [0, 0.05) is 13.2 Å². The predicted molar refractivity (Wildman–Crippen MR) is 64.6 cm³/mol. The van der Waals surface area contributed by atoms with Crippen LogP contribution in [0.3, 0.4) is 0 Å². The normalized spacial score (nSPS) is 32.4. The topological polar surface area (TPSA) is 58.6 Å². The van der Waals surface area contributed by atoms with Crippen LogP contribution in [-0.2, 0) is 9.53 Å². The number of aliphatic hydroxyl groups is 1. The number of ether oxygens (including phenoxy) is 1. The summed E-state index contributed by atoms with van der Waals surface area (Å²) in [5.74, 6) is 0.227. The fraction of sp³-hybridized carbons (Fsp3) is 0.923. The lowest BCUT2D eigenvalue weighted by Crippen LogP contribution is -2.47.